The zero-order valence-corrected chi connectivity index (χ0v) is 16.2. The number of para-hydroxylation sites is 1. The molecule has 9 nitrogen and oxygen atoms in total. The van der Waals surface area contributed by atoms with Crippen molar-refractivity contribution >= 4 is 29.6 Å². The van der Waals surface area contributed by atoms with E-state index in [9.17, 15) is 24.0 Å². The Morgan fingerprint density at radius 3 is 2.13 bits per heavy atom. The smallest absolute Gasteiger partial charge is 0.329 e. The number of benzene rings is 2. The van der Waals surface area contributed by atoms with Crippen molar-refractivity contribution in [2.24, 2.45) is 0 Å². The van der Waals surface area contributed by atoms with Crippen LogP contribution in [0.5, 0.6) is 5.75 Å². The predicted octanol–water partition coefficient (Wildman–Crippen LogP) is 1.18. The molecular weight excluding hydrogens is 392 g/mol. The van der Waals surface area contributed by atoms with Crippen molar-refractivity contribution in [3.8, 4) is 5.75 Å². The number of ether oxygens (including phenoxy) is 2. The van der Waals surface area contributed by atoms with E-state index in [0.29, 0.717) is 0 Å². The second-order valence-corrected chi connectivity index (χ2v) is 6.39. The summed E-state index contributed by atoms with van der Waals surface area (Å²) in [5.74, 6) is -3.49. The van der Waals surface area contributed by atoms with Gasteiger partial charge in [0.2, 0.25) is 0 Å². The van der Waals surface area contributed by atoms with Crippen molar-refractivity contribution < 1.29 is 33.4 Å². The fraction of sp³-hybridized carbons (Fsp3) is 0.190. The number of carbonyl (C=O) groups is 5. The van der Waals surface area contributed by atoms with E-state index in [2.05, 4.69) is 5.32 Å². The highest BCUT2D eigenvalue weighted by molar-refractivity contribution is 6.22. The molecule has 0 saturated heterocycles. The van der Waals surface area contributed by atoms with E-state index in [0.717, 1.165) is 4.90 Å². The predicted molar refractivity (Wildman–Crippen MR) is 103 cm³/mol. The minimum atomic E-state index is -1.24. The summed E-state index contributed by atoms with van der Waals surface area (Å²) in [6.07, 6.45) is 0. The van der Waals surface area contributed by atoms with Crippen LogP contribution in [0.2, 0.25) is 0 Å². The summed E-state index contributed by atoms with van der Waals surface area (Å²) in [6.45, 7) is 0.565. The molecule has 9 heteroatoms. The van der Waals surface area contributed by atoms with E-state index in [1.807, 2.05) is 0 Å². The number of carbonyl (C=O) groups excluding carboxylic acids is 5. The SMILES string of the molecule is COc1ccccc1C(=O)NC(=O)COC(=O)C(C)N1C(=O)c2ccccc2C1=O. The maximum atomic E-state index is 12.4. The van der Waals surface area contributed by atoms with E-state index in [-0.39, 0.29) is 22.4 Å². The molecule has 0 radical (unpaired) electrons. The minimum Gasteiger partial charge on any atom is -0.496 e. The molecular formula is C21H18N2O7. The van der Waals surface area contributed by atoms with Gasteiger partial charge in [-0.15, -0.1) is 0 Å². The molecule has 2 aromatic carbocycles. The lowest BCUT2D eigenvalue weighted by Gasteiger charge is -2.20. The van der Waals surface area contributed by atoms with E-state index in [1.165, 1.54) is 32.2 Å². The van der Waals surface area contributed by atoms with Crippen LogP contribution >= 0.6 is 0 Å². The molecule has 1 atom stereocenters. The van der Waals surface area contributed by atoms with Gasteiger partial charge in [-0.3, -0.25) is 29.4 Å². The number of imide groups is 2. The van der Waals surface area contributed by atoms with E-state index in [4.69, 9.17) is 9.47 Å². The Morgan fingerprint density at radius 1 is 0.967 bits per heavy atom. The highest BCUT2D eigenvalue weighted by Crippen LogP contribution is 2.24. The Balaban J connectivity index is 1.58. The molecule has 154 valence electrons. The van der Waals surface area contributed by atoms with Gasteiger partial charge in [-0.25, -0.2) is 4.79 Å². The van der Waals surface area contributed by atoms with E-state index in [1.54, 1.807) is 30.3 Å². The average molecular weight is 410 g/mol. The van der Waals surface area contributed by atoms with Crippen LogP contribution in [0.3, 0.4) is 0 Å². The van der Waals surface area contributed by atoms with Crippen molar-refractivity contribution in [3.05, 3.63) is 65.2 Å². The first-order valence-electron chi connectivity index (χ1n) is 8.96. The number of nitrogens with one attached hydrogen (secondary N) is 1. The van der Waals surface area contributed by atoms with Crippen LogP contribution < -0.4 is 10.1 Å². The molecule has 1 N–H and O–H groups in total. The third-order valence-electron chi connectivity index (χ3n) is 4.50. The molecule has 0 bridgehead atoms. The monoisotopic (exact) mass is 410 g/mol. The summed E-state index contributed by atoms with van der Waals surface area (Å²) >= 11 is 0. The number of rotatable bonds is 6. The molecule has 0 saturated carbocycles. The molecule has 0 spiro atoms. The maximum absolute atomic E-state index is 12.4. The van der Waals surface area contributed by atoms with Crippen LogP contribution in [-0.4, -0.2) is 54.3 Å². The molecule has 4 amide bonds. The molecule has 0 aromatic heterocycles. The van der Waals surface area contributed by atoms with Gasteiger partial charge < -0.3 is 9.47 Å². The number of hydrogen-bond acceptors (Lipinski definition) is 7. The van der Waals surface area contributed by atoms with Crippen molar-refractivity contribution in [2.75, 3.05) is 13.7 Å². The molecule has 30 heavy (non-hydrogen) atoms. The lowest BCUT2D eigenvalue weighted by atomic mass is 10.1. The normalized spacial score (nSPS) is 13.5. The van der Waals surface area contributed by atoms with Crippen LogP contribution in [0.4, 0.5) is 0 Å². The molecule has 1 aliphatic rings. The molecule has 1 unspecified atom stereocenters. The largest absolute Gasteiger partial charge is 0.496 e. The van der Waals surface area contributed by atoms with Crippen LogP contribution in [0.25, 0.3) is 0 Å². The second kappa shape index (κ2) is 8.56. The van der Waals surface area contributed by atoms with Crippen molar-refractivity contribution in [2.45, 2.75) is 13.0 Å². The number of hydrogen-bond donors (Lipinski definition) is 1. The summed E-state index contributed by atoms with van der Waals surface area (Å²) in [5, 5.41) is 2.08. The molecule has 1 heterocycles. The number of esters is 1. The fourth-order valence-corrected chi connectivity index (χ4v) is 2.98. The van der Waals surface area contributed by atoms with Crippen LogP contribution in [0.1, 0.15) is 38.0 Å². The third kappa shape index (κ3) is 3.90. The van der Waals surface area contributed by atoms with Crippen LogP contribution in [-0.2, 0) is 14.3 Å². The van der Waals surface area contributed by atoms with Gasteiger partial charge in [0.05, 0.1) is 23.8 Å². The molecule has 0 fully saturated rings. The average Bonchev–Trinajstić information content (AvgIpc) is 3.01. The van der Waals surface area contributed by atoms with E-state index >= 15 is 0 Å². The Kier molecular flexibility index (Phi) is 5.91. The third-order valence-corrected chi connectivity index (χ3v) is 4.50. The summed E-state index contributed by atoms with van der Waals surface area (Å²) in [4.78, 5) is 62.1. The van der Waals surface area contributed by atoms with Crippen LogP contribution in [0, 0.1) is 0 Å². The van der Waals surface area contributed by atoms with Gasteiger partial charge in [0.15, 0.2) is 6.61 Å². The first-order chi connectivity index (χ1) is 14.3. The van der Waals surface area contributed by atoms with Crippen molar-refractivity contribution in [1.82, 2.24) is 10.2 Å². The molecule has 3 rings (SSSR count). The van der Waals surface area contributed by atoms with Gasteiger partial charge in [0.1, 0.15) is 11.8 Å². The van der Waals surface area contributed by atoms with Gasteiger partial charge in [-0.1, -0.05) is 24.3 Å². The van der Waals surface area contributed by atoms with Crippen molar-refractivity contribution in [3.63, 3.8) is 0 Å². The fourth-order valence-electron chi connectivity index (χ4n) is 2.98. The summed E-state index contributed by atoms with van der Waals surface area (Å²) in [7, 11) is 1.39. The van der Waals surface area contributed by atoms with E-state index < -0.39 is 42.2 Å². The quantitative estimate of drug-likeness (QED) is 0.561. The van der Waals surface area contributed by atoms with Gasteiger partial charge >= 0.3 is 5.97 Å². The number of amides is 4. The first-order valence-corrected chi connectivity index (χ1v) is 8.96. The zero-order valence-electron chi connectivity index (χ0n) is 16.2. The second-order valence-electron chi connectivity index (χ2n) is 6.39. The summed E-state index contributed by atoms with van der Waals surface area (Å²) in [5.41, 5.74) is 0.531. The van der Waals surface area contributed by atoms with Gasteiger partial charge in [-0.05, 0) is 31.2 Å². The number of fused-ring (bicyclic) bond motifs is 1. The molecule has 0 aliphatic carbocycles. The summed E-state index contributed by atoms with van der Waals surface area (Å²) < 4.78 is 9.94. The Morgan fingerprint density at radius 2 is 1.53 bits per heavy atom. The topological polar surface area (TPSA) is 119 Å². The first kappa shape index (κ1) is 20.7. The number of methoxy groups -OCH3 is 1. The maximum Gasteiger partial charge on any atom is 0.329 e. The Hall–Kier alpha value is -4.01. The van der Waals surface area contributed by atoms with Gasteiger partial charge in [0.25, 0.3) is 23.6 Å². The highest BCUT2D eigenvalue weighted by atomic mass is 16.5. The summed E-state index contributed by atoms with van der Waals surface area (Å²) in [6, 6.07) is 11.3. The Labute approximate surface area is 171 Å². The van der Waals surface area contributed by atoms with Crippen molar-refractivity contribution in [1.29, 1.82) is 0 Å². The lowest BCUT2D eigenvalue weighted by Crippen LogP contribution is -2.44. The van der Waals surface area contributed by atoms with Gasteiger partial charge in [-0.2, -0.15) is 0 Å². The highest BCUT2D eigenvalue weighted by Gasteiger charge is 2.41. The zero-order chi connectivity index (χ0) is 21.8. The molecule has 2 aromatic rings. The molecule has 1 aliphatic heterocycles. The number of nitrogens with zero attached hydrogens (tertiary/aromatic N) is 1. The minimum absolute atomic E-state index is 0.138. The standard InChI is InChI=1S/C21H18N2O7/c1-12(23-19(26)13-7-3-4-8-14(13)20(23)27)21(28)30-11-17(24)22-18(25)15-9-5-6-10-16(15)29-2/h3-10,12H,11H2,1-2H3,(H,22,24,25). The lowest BCUT2D eigenvalue weighted by molar-refractivity contribution is -0.151. The Bertz CT molecular complexity index is 1010. The van der Waals surface area contributed by atoms with Crippen LogP contribution in [0.15, 0.2) is 48.5 Å². The van der Waals surface area contributed by atoms with Gasteiger partial charge in [0, 0.05) is 0 Å².